The number of nitrogens with two attached hydrogens (primary N) is 1. The SMILES string of the molecule is CCC1=C[C@@H]2Cc3nc4cc(Cl)ccc4c(N)c3[C@H](C1)C2.Cl. The van der Waals surface area contributed by atoms with Crippen molar-refractivity contribution in [1.29, 1.82) is 0 Å². The van der Waals surface area contributed by atoms with E-state index in [0.29, 0.717) is 11.8 Å². The van der Waals surface area contributed by atoms with Crippen LogP contribution in [0.1, 0.15) is 43.4 Å². The fourth-order valence-corrected chi connectivity index (χ4v) is 4.22. The van der Waals surface area contributed by atoms with Crippen LogP contribution >= 0.6 is 24.0 Å². The summed E-state index contributed by atoms with van der Waals surface area (Å²) in [6, 6.07) is 5.83. The summed E-state index contributed by atoms with van der Waals surface area (Å²) in [4.78, 5) is 4.88. The first kappa shape index (κ1) is 15.6. The van der Waals surface area contributed by atoms with Crippen LogP contribution < -0.4 is 5.73 Å². The first-order valence-corrected chi connectivity index (χ1v) is 8.10. The number of fused-ring (bicyclic) bond motifs is 5. The molecule has 0 unspecified atom stereocenters. The maximum Gasteiger partial charge on any atom is 0.0741 e. The molecule has 1 heterocycles. The van der Waals surface area contributed by atoms with E-state index in [2.05, 4.69) is 13.0 Å². The zero-order chi connectivity index (χ0) is 14.6. The number of nitrogens with zero attached hydrogens (tertiary/aromatic N) is 1. The molecule has 0 saturated carbocycles. The Morgan fingerprint density at radius 3 is 2.91 bits per heavy atom. The molecule has 1 aromatic heterocycles. The monoisotopic (exact) mass is 334 g/mol. The molecular weight excluding hydrogens is 315 g/mol. The maximum atomic E-state index is 6.51. The van der Waals surface area contributed by atoms with Crippen LogP contribution in [-0.4, -0.2) is 4.98 Å². The van der Waals surface area contributed by atoms with E-state index in [0.717, 1.165) is 40.9 Å². The summed E-state index contributed by atoms with van der Waals surface area (Å²) in [5.74, 6) is 1.18. The van der Waals surface area contributed by atoms with Gasteiger partial charge in [-0.15, -0.1) is 12.4 Å². The molecule has 2 aliphatic rings. The van der Waals surface area contributed by atoms with Crippen molar-refractivity contribution in [2.75, 3.05) is 5.73 Å². The van der Waals surface area contributed by atoms with Gasteiger partial charge < -0.3 is 5.73 Å². The second kappa shape index (κ2) is 5.75. The van der Waals surface area contributed by atoms with Gasteiger partial charge in [0.2, 0.25) is 0 Å². The highest BCUT2D eigenvalue weighted by atomic mass is 35.5. The van der Waals surface area contributed by atoms with Crippen molar-refractivity contribution in [3.05, 3.63) is 46.1 Å². The predicted molar refractivity (Wildman–Crippen MR) is 96.0 cm³/mol. The minimum atomic E-state index is 0. The van der Waals surface area contributed by atoms with Gasteiger partial charge in [-0.1, -0.05) is 30.2 Å². The van der Waals surface area contributed by atoms with E-state index >= 15 is 0 Å². The van der Waals surface area contributed by atoms with Gasteiger partial charge in [-0.3, -0.25) is 4.98 Å². The Morgan fingerprint density at radius 2 is 2.14 bits per heavy atom. The van der Waals surface area contributed by atoms with Crippen LogP contribution in [0.3, 0.4) is 0 Å². The molecular formula is C18H20Cl2N2. The van der Waals surface area contributed by atoms with Gasteiger partial charge in [0.05, 0.1) is 5.52 Å². The summed E-state index contributed by atoms with van der Waals surface area (Å²) in [5.41, 5.74) is 12.4. The number of aromatic nitrogens is 1. The van der Waals surface area contributed by atoms with Crippen molar-refractivity contribution in [2.24, 2.45) is 5.92 Å². The number of pyridine rings is 1. The number of nitrogen functional groups attached to an aromatic ring is 1. The Morgan fingerprint density at radius 1 is 1.32 bits per heavy atom. The number of hydrogen-bond donors (Lipinski definition) is 1. The summed E-state index contributed by atoms with van der Waals surface area (Å²) in [6.45, 7) is 2.25. The highest BCUT2D eigenvalue weighted by Crippen LogP contribution is 2.47. The molecule has 2 nitrogen and oxygen atoms in total. The van der Waals surface area contributed by atoms with E-state index in [-0.39, 0.29) is 12.4 Å². The lowest BCUT2D eigenvalue weighted by molar-refractivity contribution is 0.429. The minimum Gasteiger partial charge on any atom is -0.398 e. The zero-order valence-corrected chi connectivity index (χ0v) is 14.2. The molecule has 0 fully saturated rings. The lowest BCUT2D eigenvalue weighted by Gasteiger charge is -2.35. The molecule has 4 heteroatoms. The van der Waals surface area contributed by atoms with E-state index in [1.165, 1.54) is 17.7 Å². The maximum absolute atomic E-state index is 6.51. The van der Waals surface area contributed by atoms with Gasteiger partial charge in [-0.25, -0.2) is 0 Å². The molecule has 0 saturated heterocycles. The van der Waals surface area contributed by atoms with E-state index in [1.807, 2.05) is 18.2 Å². The first-order chi connectivity index (χ1) is 10.2. The number of halogens is 2. The van der Waals surface area contributed by atoms with Crippen molar-refractivity contribution < 1.29 is 0 Å². The molecule has 2 bridgehead atoms. The topological polar surface area (TPSA) is 38.9 Å². The van der Waals surface area contributed by atoms with Gasteiger partial charge in [0.1, 0.15) is 0 Å². The normalized spacial score (nSPS) is 22.7. The molecule has 0 aliphatic heterocycles. The second-order valence-electron chi connectivity index (χ2n) is 6.33. The summed E-state index contributed by atoms with van der Waals surface area (Å²) >= 11 is 6.10. The summed E-state index contributed by atoms with van der Waals surface area (Å²) in [7, 11) is 0. The van der Waals surface area contributed by atoms with Gasteiger partial charge >= 0.3 is 0 Å². The predicted octanol–water partition coefficient (Wildman–Crippen LogP) is 5.28. The number of hydrogen-bond acceptors (Lipinski definition) is 2. The quantitative estimate of drug-likeness (QED) is 0.720. The number of allylic oxidation sites excluding steroid dienone is 2. The molecule has 0 amide bonds. The first-order valence-electron chi connectivity index (χ1n) is 7.72. The molecule has 2 aliphatic carbocycles. The van der Waals surface area contributed by atoms with Crippen LogP contribution in [-0.2, 0) is 6.42 Å². The molecule has 2 atom stereocenters. The summed E-state index contributed by atoms with van der Waals surface area (Å²) in [5, 5.41) is 1.77. The molecule has 0 spiro atoms. The summed E-state index contributed by atoms with van der Waals surface area (Å²) in [6.07, 6.45) is 7.01. The van der Waals surface area contributed by atoms with Crippen LogP contribution in [0.4, 0.5) is 5.69 Å². The fourth-order valence-electron chi connectivity index (χ4n) is 4.05. The third-order valence-electron chi connectivity index (χ3n) is 4.99. The summed E-state index contributed by atoms with van der Waals surface area (Å²) < 4.78 is 0. The van der Waals surface area contributed by atoms with Crippen molar-refractivity contribution in [3.8, 4) is 0 Å². The average molecular weight is 335 g/mol. The molecule has 2 N–H and O–H groups in total. The molecule has 4 rings (SSSR count). The molecule has 0 radical (unpaired) electrons. The highest BCUT2D eigenvalue weighted by molar-refractivity contribution is 6.31. The van der Waals surface area contributed by atoms with Crippen molar-refractivity contribution in [3.63, 3.8) is 0 Å². The number of rotatable bonds is 1. The third kappa shape index (κ3) is 2.39. The average Bonchev–Trinajstić information content (AvgIpc) is 2.46. The minimum absolute atomic E-state index is 0. The number of anilines is 1. The highest BCUT2D eigenvalue weighted by Gasteiger charge is 2.33. The Kier molecular flexibility index (Phi) is 4.09. The van der Waals surface area contributed by atoms with E-state index in [1.54, 1.807) is 5.57 Å². The largest absolute Gasteiger partial charge is 0.398 e. The van der Waals surface area contributed by atoms with E-state index < -0.39 is 0 Å². The third-order valence-corrected chi connectivity index (χ3v) is 5.23. The van der Waals surface area contributed by atoms with Crippen LogP contribution in [0.2, 0.25) is 5.02 Å². The van der Waals surface area contributed by atoms with Gasteiger partial charge in [0.25, 0.3) is 0 Å². The molecule has 116 valence electrons. The van der Waals surface area contributed by atoms with Crippen LogP contribution in [0.25, 0.3) is 10.9 Å². The standard InChI is InChI=1S/C18H19ClN2.ClH/c1-2-10-5-11-7-12(6-10)17-16(8-11)21-15-9-13(19)3-4-14(15)18(17)20;/h3-5,9,11-12H,2,6-8H2,1H3,(H2,20,21);1H/t11-,12+;/m0./s1. The lowest BCUT2D eigenvalue weighted by Crippen LogP contribution is -2.24. The molecule has 1 aromatic carbocycles. The van der Waals surface area contributed by atoms with Crippen LogP contribution in [0.5, 0.6) is 0 Å². The molecule has 22 heavy (non-hydrogen) atoms. The van der Waals surface area contributed by atoms with Gasteiger partial charge in [0.15, 0.2) is 0 Å². The fraction of sp³-hybridized carbons (Fsp3) is 0.389. The van der Waals surface area contributed by atoms with Crippen molar-refractivity contribution in [1.82, 2.24) is 4.98 Å². The van der Waals surface area contributed by atoms with Gasteiger partial charge in [-0.05, 0) is 55.7 Å². The Bertz CT molecular complexity index is 767. The molecule has 2 aromatic rings. The van der Waals surface area contributed by atoms with Crippen molar-refractivity contribution in [2.45, 2.75) is 38.5 Å². The zero-order valence-electron chi connectivity index (χ0n) is 12.6. The smallest absolute Gasteiger partial charge is 0.0741 e. The van der Waals surface area contributed by atoms with Crippen LogP contribution in [0.15, 0.2) is 29.8 Å². The van der Waals surface area contributed by atoms with Gasteiger partial charge in [-0.2, -0.15) is 0 Å². The number of benzene rings is 1. The lowest BCUT2D eigenvalue weighted by atomic mass is 9.70. The van der Waals surface area contributed by atoms with Gasteiger partial charge in [0, 0.05) is 27.4 Å². The van der Waals surface area contributed by atoms with E-state index in [9.17, 15) is 0 Å². The Balaban J connectivity index is 0.00000144. The van der Waals surface area contributed by atoms with E-state index in [4.69, 9.17) is 22.3 Å². The van der Waals surface area contributed by atoms with Crippen molar-refractivity contribution >= 4 is 40.6 Å². The Labute approximate surface area is 142 Å². The Hall–Kier alpha value is -1.25. The van der Waals surface area contributed by atoms with Crippen LogP contribution in [0, 0.1) is 5.92 Å². The second-order valence-corrected chi connectivity index (χ2v) is 6.76.